The molecule has 2 aromatic carbocycles. The molecule has 0 unspecified atom stereocenters. The van der Waals surface area contributed by atoms with Gasteiger partial charge < -0.3 is 14.4 Å². The SMILES string of the molecule is COc1ccc(CCC(=O)N2CCN(CCOc3ccccc3C)CC2)cc1. The lowest BCUT2D eigenvalue weighted by Crippen LogP contribution is -2.49. The van der Waals surface area contributed by atoms with Gasteiger partial charge in [-0.3, -0.25) is 9.69 Å². The van der Waals surface area contributed by atoms with Gasteiger partial charge in [0, 0.05) is 39.1 Å². The summed E-state index contributed by atoms with van der Waals surface area (Å²) in [4.78, 5) is 16.9. The molecule has 0 spiro atoms. The monoisotopic (exact) mass is 382 g/mol. The fraction of sp³-hybridized carbons (Fsp3) is 0.435. The van der Waals surface area contributed by atoms with Crippen LogP contribution in [0.4, 0.5) is 0 Å². The van der Waals surface area contributed by atoms with E-state index in [1.54, 1.807) is 7.11 Å². The number of carbonyl (C=O) groups is 1. The summed E-state index contributed by atoms with van der Waals surface area (Å²) < 4.78 is 11.1. The average Bonchev–Trinajstić information content (AvgIpc) is 2.74. The van der Waals surface area contributed by atoms with Gasteiger partial charge in [0.15, 0.2) is 0 Å². The Morgan fingerprint density at radius 1 is 1.00 bits per heavy atom. The molecule has 5 nitrogen and oxygen atoms in total. The maximum absolute atomic E-state index is 12.5. The third kappa shape index (κ3) is 5.73. The first-order valence-corrected chi connectivity index (χ1v) is 9.97. The second kappa shape index (κ2) is 10.1. The van der Waals surface area contributed by atoms with Gasteiger partial charge in [-0.15, -0.1) is 0 Å². The van der Waals surface area contributed by atoms with Gasteiger partial charge in [0.25, 0.3) is 0 Å². The number of amides is 1. The van der Waals surface area contributed by atoms with E-state index >= 15 is 0 Å². The van der Waals surface area contributed by atoms with Crippen molar-refractivity contribution in [1.29, 1.82) is 0 Å². The van der Waals surface area contributed by atoms with E-state index < -0.39 is 0 Å². The number of hydrogen-bond donors (Lipinski definition) is 0. The number of nitrogens with zero attached hydrogens (tertiary/aromatic N) is 2. The average molecular weight is 383 g/mol. The van der Waals surface area contributed by atoms with Crippen LogP contribution in [0.2, 0.25) is 0 Å². The molecule has 0 bridgehead atoms. The molecule has 0 N–H and O–H groups in total. The third-order valence-corrected chi connectivity index (χ3v) is 5.27. The summed E-state index contributed by atoms with van der Waals surface area (Å²) in [6.07, 6.45) is 1.33. The minimum atomic E-state index is 0.242. The first-order chi connectivity index (χ1) is 13.7. The highest BCUT2D eigenvalue weighted by molar-refractivity contribution is 5.76. The fourth-order valence-electron chi connectivity index (χ4n) is 3.43. The van der Waals surface area contributed by atoms with E-state index in [9.17, 15) is 4.79 Å². The number of aryl methyl sites for hydroxylation is 2. The lowest BCUT2D eigenvalue weighted by molar-refractivity contribution is -0.132. The van der Waals surface area contributed by atoms with Crippen molar-refractivity contribution >= 4 is 5.91 Å². The van der Waals surface area contributed by atoms with Crippen molar-refractivity contribution in [2.45, 2.75) is 19.8 Å². The fourth-order valence-corrected chi connectivity index (χ4v) is 3.43. The van der Waals surface area contributed by atoms with Crippen LogP contribution in [-0.2, 0) is 11.2 Å². The van der Waals surface area contributed by atoms with E-state index in [0.29, 0.717) is 13.0 Å². The first kappa shape index (κ1) is 20.2. The molecule has 2 aromatic rings. The molecule has 1 aliphatic heterocycles. The first-order valence-electron chi connectivity index (χ1n) is 9.97. The lowest BCUT2D eigenvalue weighted by Gasteiger charge is -2.34. The molecule has 1 heterocycles. The quantitative estimate of drug-likeness (QED) is 0.703. The normalized spacial score (nSPS) is 14.7. The molecule has 5 heteroatoms. The third-order valence-electron chi connectivity index (χ3n) is 5.27. The number of piperazine rings is 1. The molecule has 0 aliphatic carbocycles. The van der Waals surface area contributed by atoms with E-state index in [1.165, 1.54) is 5.56 Å². The summed E-state index contributed by atoms with van der Waals surface area (Å²) in [5, 5.41) is 0. The Labute approximate surface area is 167 Å². The van der Waals surface area contributed by atoms with Crippen molar-refractivity contribution < 1.29 is 14.3 Å². The van der Waals surface area contributed by atoms with Gasteiger partial charge in [-0.05, 0) is 42.7 Å². The predicted octanol–water partition coefficient (Wildman–Crippen LogP) is 3.16. The van der Waals surface area contributed by atoms with Crippen molar-refractivity contribution in [3.63, 3.8) is 0 Å². The standard InChI is InChI=1S/C23H30N2O3/c1-19-5-3-4-6-22(19)28-18-17-24-13-15-25(16-14-24)23(26)12-9-20-7-10-21(27-2)11-8-20/h3-8,10-11H,9,12-18H2,1-2H3. The van der Waals surface area contributed by atoms with E-state index in [-0.39, 0.29) is 5.91 Å². The summed E-state index contributed by atoms with van der Waals surface area (Å²) in [5.74, 6) is 2.04. The zero-order valence-corrected chi connectivity index (χ0v) is 16.9. The second-order valence-electron chi connectivity index (χ2n) is 7.18. The van der Waals surface area contributed by atoms with E-state index in [0.717, 1.165) is 56.2 Å². The van der Waals surface area contributed by atoms with Crippen molar-refractivity contribution in [2.24, 2.45) is 0 Å². The maximum atomic E-state index is 12.5. The van der Waals surface area contributed by atoms with Gasteiger partial charge in [0.2, 0.25) is 5.91 Å². The van der Waals surface area contributed by atoms with Crippen LogP contribution in [0.1, 0.15) is 17.5 Å². The van der Waals surface area contributed by atoms with Crippen molar-refractivity contribution in [2.75, 3.05) is 46.4 Å². The number of ether oxygens (including phenoxy) is 2. The van der Waals surface area contributed by atoms with E-state index in [2.05, 4.69) is 17.9 Å². The molecule has 0 aromatic heterocycles. The molecule has 0 radical (unpaired) electrons. The van der Waals surface area contributed by atoms with Crippen LogP contribution in [-0.4, -0.2) is 62.1 Å². The van der Waals surface area contributed by atoms with Gasteiger partial charge in [-0.2, -0.15) is 0 Å². The number of methoxy groups -OCH3 is 1. The van der Waals surface area contributed by atoms with E-state index in [4.69, 9.17) is 9.47 Å². The lowest BCUT2D eigenvalue weighted by atomic mass is 10.1. The van der Waals surface area contributed by atoms with Gasteiger partial charge in [0.05, 0.1) is 7.11 Å². The molecule has 1 saturated heterocycles. The molecule has 150 valence electrons. The maximum Gasteiger partial charge on any atom is 0.222 e. The summed E-state index contributed by atoms with van der Waals surface area (Å²) in [5.41, 5.74) is 2.33. The summed E-state index contributed by atoms with van der Waals surface area (Å²) in [6.45, 7) is 7.04. The zero-order valence-electron chi connectivity index (χ0n) is 16.9. The highest BCUT2D eigenvalue weighted by atomic mass is 16.5. The van der Waals surface area contributed by atoms with Crippen molar-refractivity contribution in [1.82, 2.24) is 9.80 Å². The van der Waals surface area contributed by atoms with Crippen LogP contribution in [0.15, 0.2) is 48.5 Å². The molecule has 3 rings (SSSR count). The van der Waals surface area contributed by atoms with Gasteiger partial charge >= 0.3 is 0 Å². The molecule has 0 saturated carbocycles. The Morgan fingerprint density at radius 2 is 1.71 bits per heavy atom. The Hall–Kier alpha value is -2.53. The molecular formula is C23H30N2O3. The Bertz CT molecular complexity index is 753. The minimum absolute atomic E-state index is 0.242. The number of hydrogen-bond acceptors (Lipinski definition) is 4. The summed E-state index contributed by atoms with van der Waals surface area (Å²) >= 11 is 0. The minimum Gasteiger partial charge on any atom is -0.497 e. The predicted molar refractivity (Wildman–Crippen MR) is 111 cm³/mol. The van der Waals surface area contributed by atoms with Crippen molar-refractivity contribution in [3.8, 4) is 11.5 Å². The Morgan fingerprint density at radius 3 is 2.39 bits per heavy atom. The highest BCUT2D eigenvalue weighted by Crippen LogP contribution is 2.16. The zero-order chi connectivity index (χ0) is 19.8. The molecule has 1 amide bonds. The largest absolute Gasteiger partial charge is 0.497 e. The number of rotatable bonds is 8. The van der Waals surface area contributed by atoms with Gasteiger partial charge in [0.1, 0.15) is 18.1 Å². The molecule has 28 heavy (non-hydrogen) atoms. The van der Waals surface area contributed by atoms with Gasteiger partial charge in [-0.1, -0.05) is 30.3 Å². The Balaban J connectivity index is 1.35. The summed E-state index contributed by atoms with van der Waals surface area (Å²) in [6, 6.07) is 16.0. The number of benzene rings is 2. The molecule has 1 fully saturated rings. The second-order valence-corrected chi connectivity index (χ2v) is 7.18. The highest BCUT2D eigenvalue weighted by Gasteiger charge is 2.20. The smallest absolute Gasteiger partial charge is 0.222 e. The van der Waals surface area contributed by atoms with Crippen LogP contribution in [0.5, 0.6) is 11.5 Å². The molecule has 1 aliphatic rings. The van der Waals surface area contributed by atoms with Crippen LogP contribution in [0, 0.1) is 6.92 Å². The van der Waals surface area contributed by atoms with E-state index in [1.807, 2.05) is 47.4 Å². The number of carbonyl (C=O) groups excluding carboxylic acids is 1. The van der Waals surface area contributed by atoms with Crippen LogP contribution in [0.25, 0.3) is 0 Å². The van der Waals surface area contributed by atoms with Gasteiger partial charge in [-0.25, -0.2) is 0 Å². The van der Waals surface area contributed by atoms with Crippen LogP contribution < -0.4 is 9.47 Å². The van der Waals surface area contributed by atoms with Crippen molar-refractivity contribution in [3.05, 3.63) is 59.7 Å². The summed E-state index contributed by atoms with van der Waals surface area (Å²) in [7, 11) is 1.66. The molecule has 0 atom stereocenters. The number of para-hydroxylation sites is 1. The van der Waals surface area contributed by atoms with Crippen LogP contribution in [0.3, 0.4) is 0 Å². The Kier molecular flexibility index (Phi) is 7.31. The van der Waals surface area contributed by atoms with Crippen LogP contribution >= 0.6 is 0 Å². The molecular weight excluding hydrogens is 352 g/mol. The topological polar surface area (TPSA) is 42.0 Å².